The lowest BCUT2D eigenvalue weighted by Crippen LogP contribution is -2.19. The molecule has 0 saturated heterocycles. The summed E-state index contributed by atoms with van der Waals surface area (Å²) in [6, 6.07) is 8.14. The van der Waals surface area contributed by atoms with E-state index in [4.69, 9.17) is 4.74 Å². The summed E-state index contributed by atoms with van der Waals surface area (Å²) in [6.45, 7) is 4.54. The summed E-state index contributed by atoms with van der Waals surface area (Å²) in [7, 11) is -0.714. The van der Waals surface area contributed by atoms with Crippen LogP contribution >= 0.6 is 0 Å². The molecule has 0 saturated carbocycles. The highest BCUT2D eigenvalue weighted by molar-refractivity contribution is 7.84. The maximum absolute atomic E-state index is 10.9. The van der Waals surface area contributed by atoms with Crippen molar-refractivity contribution >= 4 is 10.8 Å². The molecule has 1 unspecified atom stereocenters. The third kappa shape index (κ3) is 6.77. The second-order valence-electron chi connectivity index (χ2n) is 4.30. The number of unbranched alkanes of at least 4 members (excludes halogenated alkanes) is 1. The minimum atomic E-state index is -0.714. The molecule has 1 aromatic carbocycles. The van der Waals surface area contributed by atoms with Crippen molar-refractivity contribution in [2.75, 3.05) is 25.2 Å². The van der Waals surface area contributed by atoms with Gasteiger partial charge in [0, 0.05) is 35.9 Å². The molecule has 1 aromatic rings. The van der Waals surface area contributed by atoms with Crippen LogP contribution in [0, 0.1) is 0 Å². The third-order valence-electron chi connectivity index (χ3n) is 2.59. The molecule has 0 aliphatic rings. The van der Waals surface area contributed by atoms with E-state index in [9.17, 15) is 4.21 Å². The molecule has 0 bridgehead atoms. The molecule has 0 radical (unpaired) electrons. The molecule has 1 rings (SSSR count). The first-order valence-corrected chi connectivity index (χ1v) is 8.17. The number of hydrogen-bond acceptors (Lipinski definition) is 3. The summed E-state index contributed by atoms with van der Waals surface area (Å²) in [5.74, 6) is 1.64. The Hall–Kier alpha value is -0.870. The highest BCUT2D eigenvalue weighted by Crippen LogP contribution is 2.12. The average molecular weight is 269 g/mol. The smallest absolute Gasteiger partial charge is 0.119 e. The van der Waals surface area contributed by atoms with Gasteiger partial charge in [-0.25, -0.2) is 0 Å². The van der Waals surface area contributed by atoms with Gasteiger partial charge in [0.25, 0.3) is 0 Å². The zero-order chi connectivity index (χ0) is 13.2. The quantitative estimate of drug-likeness (QED) is 0.699. The molecular formula is C14H23NO2S. The van der Waals surface area contributed by atoms with Crippen molar-refractivity contribution in [2.24, 2.45) is 0 Å². The Morgan fingerprint density at radius 3 is 2.61 bits per heavy atom. The van der Waals surface area contributed by atoms with Crippen molar-refractivity contribution in [3.05, 3.63) is 29.8 Å². The SMILES string of the molecule is CCCCOc1ccc(CNCCS(C)=O)cc1. The molecule has 0 heterocycles. The Balaban J connectivity index is 2.25. The van der Waals surface area contributed by atoms with Gasteiger partial charge in [0.2, 0.25) is 0 Å². The van der Waals surface area contributed by atoms with E-state index in [0.29, 0.717) is 5.75 Å². The van der Waals surface area contributed by atoms with E-state index in [2.05, 4.69) is 24.4 Å². The van der Waals surface area contributed by atoms with Gasteiger partial charge in [0.1, 0.15) is 5.75 Å². The Morgan fingerprint density at radius 1 is 1.28 bits per heavy atom. The van der Waals surface area contributed by atoms with Gasteiger partial charge in [-0.15, -0.1) is 0 Å². The van der Waals surface area contributed by atoms with Crippen molar-refractivity contribution in [2.45, 2.75) is 26.3 Å². The average Bonchev–Trinajstić information content (AvgIpc) is 2.36. The third-order valence-corrected chi connectivity index (χ3v) is 3.36. The minimum absolute atomic E-state index is 0.707. The molecule has 102 valence electrons. The number of hydrogen-bond donors (Lipinski definition) is 1. The van der Waals surface area contributed by atoms with Crippen LogP contribution < -0.4 is 10.1 Å². The lowest BCUT2D eigenvalue weighted by atomic mass is 10.2. The largest absolute Gasteiger partial charge is 0.494 e. The first kappa shape index (κ1) is 15.2. The summed E-state index contributed by atoms with van der Waals surface area (Å²) in [5, 5.41) is 3.27. The van der Waals surface area contributed by atoms with Gasteiger partial charge >= 0.3 is 0 Å². The van der Waals surface area contributed by atoms with Crippen LogP contribution in [0.2, 0.25) is 0 Å². The molecule has 18 heavy (non-hydrogen) atoms. The van der Waals surface area contributed by atoms with Crippen molar-refractivity contribution in [3.8, 4) is 5.75 Å². The normalized spacial score (nSPS) is 12.3. The summed E-state index contributed by atoms with van der Waals surface area (Å²) in [4.78, 5) is 0. The summed E-state index contributed by atoms with van der Waals surface area (Å²) < 4.78 is 16.5. The topological polar surface area (TPSA) is 38.3 Å². The number of ether oxygens (including phenoxy) is 1. The second kappa shape index (κ2) is 9.11. The fraction of sp³-hybridized carbons (Fsp3) is 0.571. The zero-order valence-corrected chi connectivity index (χ0v) is 12.1. The maximum Gasteiger partial charge on any atom is 0.119 e. The first-order valence-electron chi connectivity index (χ1n) is 6.45. The number of nitrogens with one attached hydrogen (secondary N) is 1. The van der Waals surface area contributed by atoms with Crippen LogP contribution in [0.25, 0.3) is 0 Å². The van der Waals surface area contributed by atoms with E-state index in [1.54, 1.807) is 6.26 Å². The zero-order valence-electron chi connectivity index (χ0n) is 11.3. The standard InChI is InChI=1S/C14H23NO2S/c1-3-4-10-17-14-7-5-13(6-8-14)12-15-9-11-18(2)16/h5-8,15H,3-4,9-12H2,1-2H3. The molecule has 0 aliphatic heterocycles. The highest BCUT2D eigenvalue weighted by atomic mass is 32.2. The van der Waals surface area contributed by atoms with Crippen molar-refractivity contribution < 1.29 is 8.95 Å². The van der Waals surface area contributed by atoms with Crippen molar-refractivity contribution in [3.63, 3.8) is 0 Å². The van der Waals surface area contributed by atoms with Crippen LogP contribution in [0.5, 0.6) is 5.75 Å². The summed E-state index contributed by atoms with van der Waals surface area (Å²) >= 11 is 0. The second-order valence-corrected chi connectivity index (χ2v) is 5.85. The van der Waals surface area contributed by atoms with Gasteiger partial charge in [-0.1, -0.05) is 25.5 Å². The first-order chi connectivity index (χ1) is 8.72. The Labute approximate surface area is 112 Å². The number of benzene rings is 1. The van der Waals surface area contributed by atoms with Gasteiger partial charge in [-0.3, -0.25) is 4.21 Å². The van der Waals surface area contributed by atoms with E-state index in [1.165, 1.54) is 5.56 Å². The van der Waals surface area contributed by atoms with E-state index in [0.717, 1.165) is 38.3 Å². The van der Waals surface area contributed by atoms with Gasteiger partial charge in [0.05, 0.1) is 6.61 Å². The molecule has 1 N–H and O–H groups in total. The van der Waals surface area contributed by atoms with Gasteiger partial charge in [0.15, 0.2) is 0 Å². The van der Waals surface area contributed by atoms with Gasteiger partial charge in [-0.2, -0.15) is 0 Å². The lowest BCUT2D eigenvalue weighted by molar-refractivity contribution is 0.309. The Bertz CT molecular complexity index is 351. The molecule has 0 aliphatic carbocycles. The Kier molecular flexibility index (Phi) is 7.69. The predicted octanol–water partition coefficient (Wildman–Crippen LogP) is 2.33. The Morgan fingerprint density at radius 2 is 2.00 bits per heavy atom. The summed E-state index contributed by atoms with van der Waals surface area (Å²) in [6.07, 6.45) is 3.97. The number of rotatable bonds is 9. The van der Waals surface area contributed by atoms with Gasteiger partial charge in [-0.05, 0) is 24.1 Å². The maximum atomic E-state index is 10.9. The molecule has 0 aromatic heterocycles. The molecule has 0 spiro atoms. The van der Waals surface area contributed by atoms with Gasteiger partial charge < -0.3 is 10.1 Å². The van der Waals surface area contributed by atoms with Crippen LogP contribution in [0.3, 0.4) is 0 Å². The van der Waals surface area contributed by atoms with Crippen LogP contribution in [-0.2, 0) is 17.3 Å². The summed E-state index contributed by atoms with van der Waals surface area (Å²) in [5.41, 5.74) is 1.22. The van der Waals surface area contributed by atoms with Crippen molar-refractivity contribution in [1.29, 1.82) is 0 Å². The molecule has 4 heteroatoms. The fourth-order valence-electron chi connectivity index (χ4n) is 1.49. The highest BCUT2D eigenvalue weighted by Gasteiger charge is 1.96. The lowest BCUT2D eigenvalue weighted by Gasteiger charge is -2.07. The molecule has 0 amide bonds. The predicted molar refractivity (Wildman–Crippen MR) is 77.5 cm³/mol. The van der Waals surface area contributed by atoms with Crippen LogP contribution in [-0.4, -0.2) is 29.4 Å². The fourth-order valence-corrected chi connectivity index (χ4v) is 1.92. The van der Waals surface area contributed by atoms with E-state index < -0.39 is 10.8 Å². The molecular weight excluding hydrogens is 246 g/mol. The molecule has 1 atom stereocenters. The van der Waals surface area contributed by atoms with Crippen LogP contribution in [0.1, 0.15) is 25.3 Å². The van der Waals surface area contributed by atoms with E-state index >= 15 is 0 Å². The molecule has 3 nitrogen and oxygen atoms in total. The van der Waals surface area contributed by atoms with Crippen LogP contribution in [0.15, 0.2) is 24.3 Å². The van der Waals surface area contributed by atoms with Crippen molar-refractivity contribution in [1.82, 2.24) is 5.32 Å². The van der Waals surface area contributed by atoms with Crippen LogP contribution in [0.4, 0.5) is 0 Å². The minimum Gasteiger partial charge on any atom is -0.494 e. The monoisotopic (exact) mass is 269 g/mol. The van der Waals surface area contributed by atoms with E-state index in [-0.39, 0.29) is 0 Å². The van der Waals surface area contributed by atoms with E-state index in [1.807, 2.05) is 12.1 Å². The molecule has 0 fully saturated rings.